The number of hydrogen-bond donors (Lipinski definition) is 0. The van der Waals surface area contributed by atoms with E-state index in [0.717, 1.165) is 16.5 Å². The molecule has 0 atom stereocenters. The number of thiazole rings is 1. The van der Waals surface area contributed by atoms with Gasteiger partial charge in [0.25, 0.3) is 0 Å². The molecular formula is C11H18BrN3S. The molecule has 3 nitrogen and oxygen atoms in total. The molecule has 2 rings (SSSR count). The fourth-order valence-corrected chi connectivity index (χ4v) is 3.22. The molecular weight excluding hydrogens is 286 g/mol. The minimum atomic E-state index is 0.762. The van der Waals surface area contributed by atoms with Crippen LogP contribution in [0.1, 0.15) is 18.5 Å². The molecule has 0 aromatic carbocycles. The number of piperidine rings is 1. The van der Waals surface area contributed by atoms with Gasteiger partial charge in [0.1, 0.15) is 0 Å². The monoisotopic (exact) mass is 303 g/mol. The van der Waals surface area contributed by atoms with Crippen LogP contribution in [0.4, 0.5) is 0 Å². The first-order valence-corrected chi connectivity index (χ1v) is 7.31. The molecule has 1 aliphatic rings. The largest absolute Gasteiger partial charge is 0.306 e. The summed E-state index contributed by atoms with van der Waals surface area (Å²) in [6.45, 7) is 3.39. The average molecular weight is 304 g/mol. The van der Waals surface area contributed by atoms with E-state index < -0.39 is 0 Å². The zero-order chi connectivity index (χ0) is 11.5. The van der Waals surface area contributed by atoms with Crippen molar-refractivity contribution in [3.8, 4) is 0 Å². The van der Waals surface area contributed by atoms with Gasteiger partial charge in [-0.05, 0) is 42.9 Å². The molecule has 0 bridgehead atoms. The van der Waals surface area contributed by atoms with Crippen molar-refractivity contribution >= 4 is 27.3 Å². The van der Waals surface area contributed by atoms with Gasteiger partial charge in [0.2, 0.25) is 0 Å². The summed E-state index contributed by atoms with van der Waals surface area (Å²) in [6.07, 6.45) is 2.55. The smallest absolute Gasteiger partial charge is 0.159 e. The molecule has 1 saturated heterocycles. The number of aromatic nitrogens is 1. The third kappa shape index (κ3) is 3.26. The maximum atomic E-state index is 4.44. The Morgan fingerprint density at radius 3 is 2.69 bits per heavy atom. The van der Waals surface area contributed by atoms with Gasteiger partial charge in [-0.2, -0.15) is 0 Å². The van der Waals surface area contributed by atoms with Gasteiger partial charge in [-0.1, -0.05) is 0 Å². The summed E-state index contributed by atoms with van der Waals surface area (Å²) < 4.78 is 0.991. The second kappa shape index (κ2) is 5.58. The minimum absolute atomic E-state index is 0.762. The van der Waals surface area contributed by atoms with Crippen LogP contribution < -0.4 is 0 Å². The Labute approximate surface area is 110 Å². The normalized spacial score (nSPS) is 19.5. The molecule has 1 aromatic rings. The van der Waals surface area contributed by atoms with Crippen LogP contribution in [0.3, 0.4) is 0 Å². The molecule has 0 unspecified atom stereocenters. The molecule has 0 spiro atoms. The van der Waals surface area contributed by atoms with Crippen molar-refractivity contribution in [1.82, 2.24) is 14.8 Å². The van der Waals surface area contributed by atoms with E-state index in [1.165, 1.54) is 31.6 Å². The van der Waals surface area contributed by atoms with Gasteiger partial charge in [0.05, 0.1) is 5.69 Å². The van der Waals surface area contributed by atoms with Gasteiger partial charge in [-0.15, -0.1) is 11.3 Å². The molecule has 0 radical (unpaired) electrons. The van der Waals surface area contributed by atoms with Gasteiger partial charge >= 0.3 is 0 Å². The molecule has 16 heavy (non-hydrogen) atoms. The molecule has 0 saturated carbocycles. The van der Waals surface area contributed by atoms with E-state index in [4.69, 9.17) is 0 Å². The van der Waals surface area contributed by atoms with Crippen molar-refractivity contribution in [3.63, 3.8) is 0 Å². The lowest BCUT2D eigenvalue weighted by Gasteiger charge is -2.34. The van der Waals surface area contributed by atoms with Crippen LogP contribution in [0.25, 0.3) is 0 Å². The first-order chi connectivity index (χ1) is 7.65. The lowest BCUT2D eigenvalue weighted by molar-refractivity contribution is 0.139. The minimum Gasteiger partial charge on any atom is -0.306 e. The van der Waals surface area contributed by atoms with Crippen molar-refractivity contribution in [2.75, 3.05) is 27.2 Å². The maximum Gasteiger partial charge on any atom is 0.159 e. The Bertz CT molecular complexity index is 332. The van der Waals surface area contributed by atoms with Gasteiger partial charge < -0.3 is 4.90 Å². The van der Waals surface area contributed by atoms with Crippen LogP contribution in [0.5, 0.6) is 0 Å². The predicted molar refractivity (Wildman–Crippen MR) is 71.8 cm³/mol. The zero-order valence-corrected chi connectivity index (χ0v) is 12.2. The first-order valence-electron chi connectivity index (χ1n) is 5.64. The predicted octanol–water partition coefficient (Wildman–Crippen LogP) is 2.43. The Morgan fingerprint density at radius 1 is 1.50 bits per heavy atom. The van der Waals surface area contributed by atoms with Crippen LogP contribution in [0.2, 0.25) is 0 Å². The number of halogens is 1. The van der Waals surface area contributed by atoms with Crippen molar-refractivity contribution < 1.29 is 0 Å². The standard InChI is InChI=1S/C11H18BrN3S/c1-14(2)10-3-5-15(6-4-10)7-9-8-16-11(12)13-9/h8,10H,3-7H2,1-2H3. The van der Waals surface area contributed by atoms with Gasteiger partial charge in [0.15, 0.2) is 3.92 Å². The second-order valence-corrected chi connectivity index (χ2v) is 6.70. The summed E-state index contributed by atoms with van der Waals surface area (Å²) in [6, 6.07) is 0.762. The molecule has 0 N–H and O–H groups in total. The maximum absolute atomic E-state index is 4.44. The third-order valence-corrected chi connectivity index (χ3v) is 4.61. The highest BCUT2D eigenvalue weighted by Gasteiger charge is 2.20. The van der Waals surface area contributed by atoms with Gasteiger partial charge in [-0.3, -0.25) is 4.90 Å². The Kier molecular flexibility index (Phi) is 4.35. The molecule has 1 aromatic heterocycles. The van der Waals surface area contributed by atoms with E-state index in [0.29, 0.717) is 0 Å². The number of likely N-dealkylation sites (tertiary alicyclic amines) is 1. The SMILES string of the molecule is CN(C)C1CCN(Cc2csc(Br)n2)CC1. The molecule has 2 heterocycles. The second-order valence-electron chi connectivity index (χ2n) is 4.56. The highest BCUT2D eigenvalue weighted by Crippen LogP contribution is 2.20. The number of hydrogen-bond acceptors (Lipinski definition) is 4. The summed E-state index contributed by atoms with van der Waals surface area (Å²) in [5.74, 6) is 0. The lowest BCUT2D eigenvalue weighted by Crippen LogP contribution is -2.41. The number of rotatable bonds is 3. The summed E-state index contributed by atoms with van der Waals surface area (Å²) >= 11 is 5.08. The molecule has 1 fully saturated rings. The molecule has 0 aliphatic carbocycles. The van der Waals surface area contributed by atoms with Crippen molar-refractivity contribution in [1.29, 1.82) is 0 Å². The summed E-state index contributed by atoms with van der Waals surface area (Å²) in [5.41, 5.74) is 1.19. The van der Waals surface area contributed by atoms with Crippen LogP contribution in [0.15, 0.2) is 9.30 Å². The highest BCUT2D eigenvalue weighted by atomic mass is 79.9. The van der Waals surface area contributed by atoms with Crippen molar-refractivity contribution in [2.24, 2.45) is 0 Å². The summed E-state index contributed by atoms with van der Waals surface area (Å²) in [7, 11) is 4.36. The summed E-state index contributed by atoms with van der Waals surface area (Å²) in [5, 5.41) is 2.14. The van der Waals surface area contributed by atoms with E-state index >= 15 is 0 Å². The van der Waals surface area contributed by atoms with Crippen LogP contribution >= 0.6 is 27.3 Å². The molecule has 5 heteroatoms. The van der Waals surface area contributed by atoms with Crippen molar-refractivity contribution in [3.05, 3.63) is 15.0 Å². The van der Waals surface area contributed by atoms with Crippen LogP contribution in [0, 0.1) is 0 Å². The fraction of sp³-hybridized carbons (Fsp3) is 0.727. The Balaban J connectivity index is 1.81. The van der Waals surface area contributed by atoms with E-state index in [-0.39, 0.29) is 0 Å². The molecule has 0 amide bonds. The molecule has 1 aliphatic heterocycles. The highest BCUT2D eigenvalue weighted by molar-refractivity contribution is 9.11. The van der Waals surface area contributed by atoms with Gasteiger partial charge in [0, 0.05) is 31.1 Å². The van der Waals surface area contributed by atoms with Crippen LogP contribution in [-0.2, 0) is 6.54 Å². The number of nitrogens with zero attached hydrogens (tertiary/aromatic N) is 3. The van der Waals surface area contributed by atoms with E-state index in [1.807, 2.05) is 0 Å². The quantitative estimate of drug-likeness (QED) is 0.855. The zero-order valence-electron chi connectivity index (χ0n) is 9.82. The summed E-state index contributed by atoms with van der Waals surface area (Å²) in [4.78, 5) is 9.29. The van der Waals surface area contributed by atoms with Crippen LogP contribution in [-0.4, -0.2) is 48.0 Å². The van der Waals surface area contributed by atoms with E-state index in [1.54, 1.807) is 11.3 Å². The van der Waals surface area contributed by atoms with Crippen molar-refractivity contribution in [2.45, 2.75) is 25.4 Å². The Hall–Kier alpha value is 0.0300. The fourth-order valence-electron chi connectivity index (χ4n) is 2.18. The lowest BCUT2D eigenvalue weighted by atomic mass is 10.0. The van der Waals surface area contributed by atoms with Gasteiger partial charge in [-0.25, -0.2) is 4.98 Å². The van der Waals surface area contributed by atoms with E-state index in [2.05, 4.69) is 50.2 Å². The average Bonchev–Trinajstić information content (AvgIpc) is 2.65. The van der Waals surface area contributed by atoms with E-state index in [9.17, 15) is 0 Å². The topological polar surface area (TPSA) is 19.4 Å². The third-order valence-electron chi connectivity index (χ3n) is 3.20. The first kappa shape index (κ1) is 12.5. The Morgan fingerprint density at radius 2 is 2.19 bits per heavy atom. The molecule has 90 valence electrons.